The summed E-state index contributed by atoms with van der Waals surface area (Å²) in [5.74, 6) is 1.02. The van der Waals surface area contributed by atoms with Gasteiger partial charge in [0.25, 0.3) is 0 Å². The first-order chi connectivity index (χ1) is 9.33. The number of nitrogens with zero attached hydrogens (tertiary/aromatic N) is 1. The molecule has 1 aliphatic heterocycles. The largest absolute Gasteiger partial charge is 0.496 e. The van der Waals surface area contributed by atoms with Gasteiger partial charge in [0, 0.05) is 19.1 Å². The number of para-hydroxylation sites is 1. The third-order valence-electron chi connectivity index (χ3n) is 3.95. The minimum atomic E-state index is 0.653. The Hall–Kier alpha value is -1.06. The number of benzene rings is 1. The summed E-state index contributed by atoms with van der Waals surface area (Å²) >= 11 is 0. The fourth-order valence-electron chi connectivity index (χ4n) is 2.74. The molecule has 1 atom stereocenters. The normalized spacial score (nSPS) is 21.1. The van der Waals surface area contributed by atoms with Crippen molar-refractivity contribution < 1.29 is 4.74 Å². The van der Waals surface area contributed by atoms with E-state index in [0.29, 0.717) is 6.04 Å². The molecule has 3 nitrogen and oxygen atoms in total. The number of hydrogen-bond donors (Lipinski definition) is 1. The maximum atomic E-state index is 5.42. The van der Waals surface area contributed by atoms with Crippen molar-refractivity contribution in [1.29, 1.82) is 0 Å². The zero-order valence-electron chi connectivity index (χ0n) is 12.2. The third-order valence-corrected chi connectivity index (χ3v) is 3.95. The van der Waals surface area contributed by atoms with Gasteiger partial charge in [-0.05, 0) is 44.0 Å². The highest BCUT2D eigenvalue weighted by Gasteiger charge is 2.16. The van der Waals surface area contributed by atoms with Gasteiger partial charge in [-0.25, -0.2) is 0 Å². The summed E-state index contributed by atoms with van der Waals surface area (Å²) in [6, 6.07) is 9.00. The minimum absolute atomic E-state index is 0.653. The molecule has 3 heteroatoms. The Kier molecular flexibility index (Phi) is 5.67. The summed E-state index contributed by atoms with van der Waals surface area (Å²) in [4.78, 5) is 2.58. The molecule has 1 aromatic rings. The lowest BCUT2D eigenvalue weighted by Gasteiger charge is -2.23. The van der Waals surface area contributed by atoms with Gasteiger partial charge in [0.15, 0.2) is 0 Å². The highest BCUT2D eigenvalue weighted by molar-refractivity contribution is 5.33. The number of rotatable bonds is 5. The second-order valence-corrected chi connectivity index (χ2v) is 5.28. The molecule has 0 amide bonds. The second kappa shape index (κ2) is 7.51. The summed E-state index contributed by atoms with van der Waals surface area (Å²) in [6.45, 7) is 6.92. The van der Waals surface area contributed by atoms with Crippen LogP contribution in [0.5, 0.6) is 5.75 Å². The molecule has 1 aliphatic rings. The molecule has 0 bridgehead atoms. The fourth-order valence-corrected chi connectivity index (χ4v) is 2.74. The van der Waals surface area contributed by atoms with Crippen LogP contribution in [0.3, 0.4) is 0 Å². The standard InChI is InChI=1S/C16H26N2O/c1-3-15-13-18(11-6-10-17-15)12-9-14-7-4-5-8-16(14)19-2/h4-5,7-8,15,17H,3,6,9-13H2,1-2H3. The summed E-state index contributed by atoms with van der Waals surface area (Å²) in [7, 11) is 1.75. The Balaban J connectivity index is 1.90. The molecule has 1 heterocycles. The average Bonchev–Trinajstić information content (AvgIpc) is 2.70. The van der Waals surface area contributed by atoms with Gasteiger partial charge in [-0.1, -0.05) is 25.1 Å². The third kappa shape index (κ3) is 4.22. The van der Waals surface area contributed by atoms with E-state index in [4.69, 9.17) is 4.74 Å². The molecule has 0 radical (unpaired) electrons. The lowest BCUT2D eigenvalue weighted by Crippen LogP contribution is -2.37. The lowest BCUT2D eigenvalue weighted by atomic mass is 10.1. The zero-order chi connectivity index (χ0) is 13.5. The molecule has 1 unspecified atom stereocenters. The Bertz CT molecular complexity index is 381. The van der Waals surface area contributed by atoms with Gasteiger partial charge < -0.3 is 15.0 Å². The molecule has 2 rings (SSSR count). The number of hydrogen-bond acceptors (Lipinski definition) is 3. The Morgan fingerprint density at radius 3 is 3.00 bits per heavy atom. The Morgan fingerprint density at radius 2 is 2.21 bits per heavy atom. The van der Waals surface area contributed by atoms with Crippen molar-refractivity contribution in [3.63, 3.8) is 0 Å². The molecular formula is C16H26N2O. The van der Waals surface area contributed by atoms with Crippen LogP contribution in [-0.4, -0.2) is 44.2 Å². The highest BCUT2D eigenvalue weighted by Crippen LogP contribution is 2.18. The molecule has 1 saturated heterocycles. The van der Waals surface area contributed by atoms with Crippen molar-refractivity contribution in [2.24, 2.45) is 0 Å². The summed E-state index contributed by atoms with van der Waals surface area (Å²) in [5.41, 5.74) is 1.32. The van der Waals surface area contributed by atoms with E-state index in [9.17, 15) is 0 Å². The van der Waals surface area contributed by atoms with Crippen molar-refractivity contribution in [3.05, 3.63) is 29.8 Å². The molecule has 1 N–H and O–H groups in total. The van der Waals surface area contributed by atoms with Gasteiger partial charge in [-0.3, -0.25) is 0 Å². The number of methoxy groups -OCH3 is 1. The molecule has 19 heavy (non-hydrogen) atoms. The Morgan fingerprint density at radius 1 is 1.37 bits per heavy atom. The van der Waals surface area contributed by atoms with E-state index >= 15 is 0 Å². The van der Waals surface area contributed by atoms with Crippen LogP contribution < -0.4 is 10.1 Å². The molecule has 1 aromatic carbocycles. The van der Waals surface area contributed by atoms with Gasteiger partial charge in [-0.2, -0.15) is 0 Å². The van der Waals surface area contributed by atoms with Gasteiger partial charge in [0.1, 0.15) is 5.75 Å². The van der Waals surface area contributed by atoms with Crippen molar-refractivity contribution in [2.75, 3.05) is 33.3 Å². The molecule has 0 aliphatic carbocycles. The van der Waals surface area contributed by atoms with Crippen LogP contribution in [-0.2, 0) is 6.42 Å². The molecule has 0 aromatic heterocycles. The van der Waals surface area contributed by atoms with Gasteiger partial charge >= 0.3 is 0 Å². The maximum Gasteiger partial charge on any atom is 0.122 e. The first-order valence-electron chi connectivity index (χ1n) is 7.41. The van der Waals surface area contributed by atoms with Crippen LogP contribution in [0.1, 0.15) is 25.3 Å². The predicted molar refractivity (Wildman–Crippen MR) is 79.8 cm³/mol. The van der Waals surface area contributed by atoms with Gasteiger partial charge in [0.05, 0.1) is 7.11 Å². The molecule has 0 spiro atoms. The van der Waals surface area contributed by atoms with E-state index in [-0.39, 0.29) is 0 Å². The first kappa shape index (κ1) is 14.4. The van der Waals surface area contributed by atoms with Crippen LogP contribution >= 0.6 is 0 Å². The van der Waals surface area contributed by atoms with Gasteiger partial charge in [0.2, 0.25) is 0 Å². The Labute approximate surface area is 116 Å². The van der Waals surface area contributed by atoms with Crippen LogP contribution in [0.15, 0.2) is 24.3 Å². The number of ether oxygens (including phenoxy) is 1. The summed E-state index contributed by atoms with van der Waals surface area (Å²) < 4.78 is 5.42. The van der Waals surface area contributed by atoms with E-state index < -0.39 is 0 Å². The smallest absolute Gasteiger partial charge is 0.122 e. The minimum Gasteiger partial charge on any atom is -0.496 e. The molecule has 106 valence electrons. The van der Waals surface area contributed by atoms with E-state index in [2.05, 4.69) is 29.3 Å². The van der Waals surface area contributed by atoms with Crippen LogP contribution in [0, 0.1) is 0 Å². The predicted octanol–water partition coefficient (Wildman–Crippen LogP) is 2.31. The van der Waals surface area contributed by atoms with Crippen molar-refractivity contribution in [1.82, 2.24) is 10.2 Å². The van der Waals surface area contributed by atoms with Crippen molar-refractivity contribution in [2.45, 2.75) is 32.2 Å². The van der Waals surface area contributed by atoms with E-state index in [0.717, 1.165) is 25.3 Å². The zero-order valence-corrected chi connectivity index (χ0v) is 12.2. The van der Waals surface area contributed by atoms with E-state index in [1.165, 1.54) is 31.5 Å². The average molecular weight is 262 g/mol. The maximum absolute atomic E-state index is 5.42. The van der Waals surface area contributed by atoms with Crippen LogP contribution in [0.2, 0.25) is 0 Å². The second-order valence-electron chi connectivity index (χ2n) is 5.28. The molecule has 1 fully saturated rings. The van der Waals surface area contributed by atoms with Crippen molar-refractivity contribution >= 4 is 0 Å². The van der Waals surface area contributed by atoms with Crippen LogP contribution in [0.25, 0.3) is 0 Å². The van der Waals surface area contributed by atoms with E-state index in [1.807, 2.05) is 12.1 Å². The quantitative estimate of drug-likeness (QED) is 0.881. The lowest BCUT2D eigenvalue weighted by molar-refractivity contribution is 0.267. The SMILES string of the molecule is CCC1CN(CCc2ccccc2OC)CCCN1. The van der Waals surface area contributed by atoms with Gasteiger partial charge in [-0.15, -0.1) is 0 Å². The molecule has 0 saturated carbocycles. The van der Waals surface area contributed by atoms with Crippen LogP contribution in [0.4, 0.5) is 0 Å². The van der Waals surface area contributed by atoms with E-state index in [1.54, 1.807) is 7.11 Å². The summed E-state index contributed by atoms with van der Waals surface area (Å²) in [5, 5.41) is 3.62. The number of nitrogens with one attached hydrogen (secondary N) is 1. The highest BCUT2D eigenvalue weighted by atomic mass is 16.5. The topological polar surface area (TPSA) is 24.5 Å². The van der Waals surface area contributed by atoms with Crippen molar-refractivity contribution in [3.8, 4) is 5.75 Å². The summed E-state index contributed by atoms with van der Waals surface area (Å²) in [6.07, 6.45) is 3.54. The first-order valence-corrected chi connectivity index (χ1v) is 7.41. The fraction of sp³-hybridized carbons (Fsp3) is 0.625. The molecular weight excluding hydrogens is 236 g/mol. The monoisotopic (exact) mass is 262 g/mol.